The van der Waals surface area contributed by atoms with E-state index in [1.54, 1.807) is 0 Å². The second-order valence-corrected chi connectivity index (χ2v) is 6.33. The van der Waals surface area contributed by atoms with E-state index in [1.807, 2.05) is 0 Å². The van der Waals surface area contributed by atoms with Gasteiger partial charge in [-0.2, -0.15) is 0 Å². The Balaban J connectivity index is 2.01. The molecule has 0 aromatic carbocycles. The van der Waals surface area contributed by atoms with Crippen molar-refractivity contribution in [2.45, 2.75) is 103 Å². The van der Waals surface area contributed by atoms with Gasteiger partial charge in [0.25, 0.3) is 0 Å². The third-order valence-corrected chi connectivity index (χ3v) is 4.38. The van der Waals surface area contributed by atoms with Crippen LogP contribution in [-0.4, -0.2) is 13.1 Å². The van der Waals surface area contributed by atoms with Crippen LogP contribution in [0.1, 0.15) is 103 Å². The molecule has 1 nitrogen and oxygen atoms in total. The Bertz CT molecular complexity index is 86.4. The van der Waals surface area contributed by atoms with Crippen LogP contribution in [-0.2, 0) is 0 Å². The highest BCUT2D eigenvalue weighted by atomic mass is 14.8. The van der Waals surface area contributed by atoms with Crippen LogP contribution in [0.2, 0.25) is 0 Å². The zero-order valence-electron chi connectivity index (χ0n) is 13.2. The van der Waals surface area contributed by atoms with Crippen molar-refractivity contribution in [3.05, 3.63) is 5.32 Å². The number of hydrogen-bond acceptors (Lipinski definition) is 0. The number of nitrogens with zero attached hydrogens (tertiary/aromatic N) is 1. The van der Waals surface area contributed by atoms with Crippen LogP contribution in [0.15, 0.2) is 0 Å². The predicted octanol–water partition coefficient (Wildman–Crippen LogP) is 6.62. The van der Waals surface area contributed by atoms with Crippen molar-refractivity contribution in [3.8, 4) is 0 Å². The van der Waals surface area contributed by atoms with Gasteiger partial charge in [0, 0.05) is 0 Å². The van der Waals surface area contributed by atoms with E-state index in [9.17, 15) is 0 Å². The summed E-state index contributed by atoms with van der Waals surface area (Å²) >= 11 is 0. The van der Waals surface area contributed by atoms with Gasteiger partial charge in [-0.25, -0.2) is 0 Å². The molecule has 0 spiro atoms. The number of rotatable bonds is 0. The van der Waals surface area contributed by atoms with Crippen molar-refractivity contribution in [2.75, 3.05) is 13.1 Å². The van der Waals surface area contributed by atoms with Crippen molar-refractivity contribution in [1.29, 1.82) is 0 Å². The summed E-state index contributed by atoms with van der Waals surface area (Å²) < 4.78 is 0. The molecule has 1 aliphatic heterocycles. The minimum absolute atomic E-state index is 1.12. The molecule has 0 radical (unpaired) electrons. The average Bonchev–Trinajstić information content (AvgIpc) is 2.43. The summed E-state index contributed by atoms with van der Waals surface area (Å²) in [6.07, 6.45) is 23.1. The molecule has 0 saturated carbocycles. The first-order valence-electron chi connectivity index (χ1n) is 9.13. The lowest BCUT2D eigenvalue weighted by Gasteiger charge is -2.18. The summed E-state index contributed by atoms with van der Waals surface area (Å²) in [5.74, 6) is 0. The second-order valence-electron chi connectivity index (χ2n) is 6.33. The first kappa shape index (κ1) is 17.0. The average molecular weight is 266 g/mol. The maximum Gasteiger partial charge on any atom is -0.0533 e. The van der Waals surface area contributed by atoms with E-state index in [2.05, 4.69) is 5.32 Å². The highest BCUT2D eigenvalue weighted by molar-refractivity contribution is 4.78. The van der Waals surface area contributed by atoms with Crippen LogP contribution in [0, 0.1) is 0 Å². The van der Waals surface area contributed by atoms with E-state index in [1.165, 1.54) is 103 Å². The Morgan fingerprint density at radius 3 is 0.737 bits per heavy atom. The molecular formula is C18H36N-. The van der Waals surface area contributed by atoms with Crippen LogP contribution in [0.4, 0.5) is 0 Å². The highest BCUT2D eigenvalue weighted by Crippen LogP contribution is 2.14. The van der Waals surface area contributed by atoms with Crippen LogP contribution in [0.25, 0.3) is 5.32 Å². The van der Waals surface area contributed by atoms with Crippen LogP contribution in [0.5, 0.6) is 0 Å². The lowest BCUT2D eigenvalue weighted by atomic mass is 10.0. The lowest BCUT2D eigenvalue weighted by Crippen LogP contribution is -1.90. The van der Waals surface area contributed by atoms with Gasteiger partial charge in [-0.15, -0.1) is 13.1 Å². The zero-order valence-corrected chi connectivity index (χ0v) is 13.2. The largest absolute Gasteiger partial charge is 0.662 e. The van der Waals surface area contributed by atoms with Gasteiger partial charge in [-0.1, -0.05) is 103 Å². The van der Waals surface area contributed by atoms with Gasteiger partial charge < -0.3 is 5.32 Å². The van der Waals surface area contributed by atoms with E-state index < -0.39 is 0 Å². The Hall–Kier alpha value is -0.0400. The van der Waals surface area contributed by atoms with Gasteiger partial charge in [-0.3, -0.25) is 0 Å². The molecule has 1 rings (SSSR count). The highest BCUT2D eigenvalue weighted by Gasteiger charge is 1.94. The molecule has 0 aliphatic carbocycles. The molecule has 1 heteroatoms. The van der Waals surface area contributed by atoms with E-state index in [4.69, 9.17) is 0 Å². The molecule has 114 valence electrons. The van der Waals surface area contributed by atoms with Gasteiger partial charge >= 0.3 is 0 Å². The van der Waals surface area contributed by atoms with Gasteiger partial charge in [0.1, 0.15) is 0 Å². The molecule has 0 amide bonds. The molecule has 1 heterocycles. The molecular weight excluding hydrogens is 230 g/mol. The van der Waals surface area contributed by atoms with Gasteiger partial charge in [0.05, 0.1) is 0 Å². The maximum atomic E-state index is 4.65. The summed E-state index contributed by atoms with van der Waals surface area (Å²) in [4.78, 5) is 0. The first-order chi connectivity index (χ1) is 9.50. The minimum atomic E-state index is 1.12. The summed E-state index contributed by atoms with van der Waals surface area (Å²) in [6.45, 7) is 2.25. The summed E-state index contributed by atoms with van der Waals surface area (Å²) in [5, 5.41) is 4.65. The third kappa shape index (κ3) is 12.7. The predicted molar refractivity (Wildman–Crippen MR) is 87.0 cm³/mol. The second kappa shape index (κ2) is 14.4. The molecule has 0 atom stereocenters. The number of hydrogen-bond donors (Lipinski definition) is 0. The van der Waals surface area contributed by atoms with Crippen molar-refractivity contribution in [3.63, 3.8) is 0 Å². The van der Waals surface area contributed by atoms with E-state index in [-0.39, 0.29) is 0 Å². The SMILES string of the molecule is C1CCCCCCCCC[N-]CCCCCCCC1. The van der Waals surface area contributed by atoms with Crippen LogP contribution >= 0.6 is 0 Å². The monoisotopic (exact) mass is 266 g/mol. The Morgan fingerprint density at radius 2 is 0.474 bits per heavy atom. The van der Waals surface area contributed by atoms with Gasteiger partial charge in [0.15, 0.2) is 0 Å². The standard InChI is InChI=1S/C18H36N/c1-2-4-6-8-10-12-14-16-18-19-17-15-13-11-9-7-5-3-1/h1-18H2/q-1. The molecule has 0 unspecified atom stereocenters. The van der Waals surface area contributed by atoms with Gasteiger partial charge in [-0.05, 0) is 0 Å². The Morgan fingerprint density at radius 1 is 0.263 bits per heavy atom. The van der Waals surface area contributed by atoms with Crippen molar-refractivity contribution >= 4 is 0 Å². The minimum Gasteiger partial charge on any atom is -0.662 e. The fourth-order valence-corrected chi connectivity index (χ4v) is 3.03. The Labute approximate surface area is 121 Å². The summed E-state index contributed by atoms with van der Waals surface area (Å²) in [5.41, 5.74) is 0. The summed E-state index contributed by atoms with van der Waals surface area (Å²) in [6, 6.07) is 0. The smallest absolute Gasteiger partial charge is 0.0533 e. The van der Waals surface area contributed by atoms with Crippen LogP contribution < -0.4 is 0 Å². The summed E-state index contributed by atoms with van der Waals surface area (Å²) in [7, 11) is 0. The molecule has 0 aromatic heterocycles. The molecule has 1 saturated heterocycles. The van der Waals surface area contributed by atoms with Crippen LogP contribution in [0.3, 0.4) is 0 Å². The topological polar surface area (TPSA) is 14.1 Å². The molecule has 19 heavy (non-hydrogen) atoms. The fraction of sp³-hybridized carbons (Fsp3) is 1.00. The van der Waals surface area contributed by atoms with Crippen molar-refractivity contribution in [1.82, 2.24) is 0 Å². The first-order valence-corrected chi connectivity index (χ1v) is 9.13. The van der Waals surface area contributed by atoms with E-state index in [0.29, 0.717) is 0 Å². The van der Waals surface area contributed by atoms with Crippen molar-refractivity contribution < 1.29 is 0 Å². The molecule has 0 aromatic rings. The van der Waals surface area contributed by atoms with Gasteiger partial charge in [0.2, 0.25) is 0 Å². The van der Waals surface area contributed by atoms with E-state index >= 15 is 0 Å². The molecule has 0 bridgehead atoms. The maximum absolute atomic E-state index is 4.65. The quantitative estimate of drug-likeness (QED) is 0.468. The Kier molecular flexibility index (Phi) is 12.9. The lowest BCUT2D eigenvalue weighted by molar-refractivity contribution is 0.532. The molecule has 1 fully saturated rings. The van der Waals surface area contributed by atoms with Crippen molar-refractivity contribution in [2.24, 2.45) is 0 Å². The molecule has 0 N–H and O–H groups in total. The third-order valence-electron chi connectivity index (χ3n) is 4.38. The molecule has 1 aliphatic rings. The normalized spacial score (nSPS) is 24.0. The fourth-order valence-electron chi connectivity index (χ4n) is 3.03. The van der Waals surface area contributed by atoms with E-state index in [0.717, 1.165) is 13.1 Å². The zero-order chi connectivity index (χ0) is 13.4.